The lowest BCUT2D eigenvalue weighted by atomic mass is 9.92. The summed E-state index contributed by atoms with van der Waals surface area (Å²) < 4.78 is 8.99. The van der Waals surface area contributed by atoms with Gasteiger partial charge in [0.25, 0.3) is 0 Å². The Morgan fingerprint density at radius 3 is 2.17 bits per heavy atom. The molecule has 7 aromatic carbocycles. The van der Waals surface area contributed by atoms with Crippen molar-refractivity contribution in [3.8, 4) is 16.8 Å². The van der Waals surface area contributed by atoms with E-state index in [4.69, 9.17) is 4.42 Å². The van der Waals surface area contributed by atoms with Crippen LogP contribution in [0.25, 0.3) is 87.7 Å². The van der Waals surface area contributed by atoms with Gasteiger partial charge in [0.2, 0.25) is 0 Å². The lowest BCUT2D eigenvalue weighted by molar-refractivity contribution is 0.669. The van der Waals surface area contributed by atoms with Crippen molar-refractivity contribution in [3.63, 3.8) is 0 Å². The smallest absolute Gasteiger partial charge is 0.136 e. The Morgan fingerprint density at radius 1 is 0.543 bits per heavy atom. The highest BCUT2D eigenvalue weighted by Gasteiger charge is 2.19. The van der Waals surface area contributed by atoms with Gasteiger partial charge in [0, 0.05) is 33.8 Å². The molecule has 3 heteroatoms. The van der Waals surface area contributed by atoms with Crippen molar-refractivity contribution in [2.75, 3.05) is 6.54 Å². The fourth-order valence-electron chi connectivity index (χ4n) is 7.64. The molecule has 2 aromatic heterocycles. The number of hydrogen-bond donors (Lipinski definition) is 1. The normalized spacial score (nSPS) is 13.3. The van der Waals surface area contributed by atoms with Crippen LogP contribution < -0.4 is 5.32 Å². The van der Waals surface area contributed by atoms with Gasteiger partial charge in [-0.05, 0) is 92.5 Å². The molecular weight excluding hydrogens is 560 g/mol. The predicted molar refractivity (Wildman–Crippen MR) is 194 cm³/mol. The molecule has 1 aliphatic rings. The Hall–Kier alpha value is -6.06. The van der Waals surface area contributed by atoms with Crippen molar-refractivity contribution in [1.29, 1.82) is 0 Å². The topological polar surface area (TPSA) is 30.1 Å². The van der Waals surface area contributed by atoms with E-state index in [-0.39, 0.29) is 0 Å². The quantitative estimate of drug-likeness (QED) is 0.222. The van der Waals surface area contributed by atoms with Crippen LogP contribution in [-0.2, 0) is 0 Å². The second-order valence-electron chi connectivity index (χ2n) is 12.1. The van der Waals surface area contributed by atoms with E-state index >= 15 is 0 Å². The van der Waals surface area contributed by atoms with E-state index in [0.717, 1.165) is 29.0 Å². The van der Waals surface area contributed by atoms with Gasteiger partial charge in [-0.2, -0.15) is 0 Å². The van der Waals surface area contributed by atoms with Gasteiger partial charge in [-0.3, -0.25) is 0 Å². The molecule has 10 rings (SSSR count). The van der Waals surface area contributed by atoms with Crippen LogP contribution in [0.2, 0.25) is 0 Å². The fraction of sp³-hybridized carbons (Fsp3) is 0.0233. The van der Waals surface area contributed by atoms with Crippen LogP contribution in [0.5, 0.6) is 0 Å². The Bertz CT molecular complexity index is 2740. The Kier molecular flexibility index (Phi) is 5.34. The van der Waals surface area contributed by atoms with Crippen molar-refractivity contribution in [2.24, 2.45) is 0 Å². The van der Waals surface area contributed by atoms with E-state index in [9.17, 15) is 0 Å². The van der Waals surface area contributed by atoms with Gasteiger partial charge < -0.3 is 14.3 Å². The molecule has 0 atom stereocenters. The van der Waals surface area contributed by atoms with E-state index < -0.39 is 0 Å². The first-order valence-electron chi connectivity index (χ1n) is 15.8. The lowest BCUT2D eigenvalue weighted by Gasteiger charge is -2.13. The van der Waals surface area contributed by atoms with E-state index in [2.05, 4.69) is 155 Å². The highest BCUT2D eigenvalue weighted by atomic mass is 16.3. The average Bonchev–Trinajstić information content (AvgIpc) is 3.68. The highest BCUT2D eigenvalue weighted by molar-refractivity contribution is 6.24. The van der Waals surface area contributed by atoms with Crippen LogP contribution in [-0.4, -0.2) is 11.1 Å². The van der Waals surface area contributed by atoms with E-state index in [1.165, 1.54) is 70.8 Å². The summed E-state index contributed by atoms with van der Waals surface area (Å²) in [7, 11) is 0. The molecule has 0 unspecified atom stereocenters. The molecule has 0 spiro atoms. The second-order valence-corrected chi connectivity index (χ2v) is 12.1. The first-order valence-corrected chi connectivity index (χ1v) is 15.8. The van der Waals surface area contributed by atoms with Gasteiger partial charge in [-0.25, -0.2) is 0 Å². The molecule has 1 aliphatic heterocycles. The summed E-state index contributed by atoms with van der Waals surface area (Å²) in [4.78, 5) is 0. The van der Waals surface area contributed by atoms with Gasteiger partial charge in [-0.15, -0.1) is 0 Å². The monoisotopic (exact) mass is 588 g/mol. The first-order chi connectivity index (χ1) is 22.8. The number of dihydropyridines is 1. The van der Waals surface area contributed by atoms with Crippen molar-refractivity contribution in [1.82, 2.24) is 9.88 Å². The Balaban J connectivity index is 1.17. The number of furan rings is 1. The zero-order chi connectivity index (χ0) is 30.2. The third-order valence-electron chi connectivity index (χ3n) is 9.65. The van der Waals surface area contributed by atoms with E-state index in [1.807, 2.05) is 6.20 Å². The molecular formula is C43H28N2O. The van der Waals surface area contributed by atoms with Crippen molar-refractivity contribution in [3.05, 3.63) is 157 Å². The van der Waals surface area contributed by atoms with Crippen molar-refractivity contribution in [2.45, 2.75) is 0 Å². The van der Waals surface area contributed by atoms with Crippen LogP contribution >= 0.6 is 0 Å². The van der Waals surface area contributed by atoms with Gasteiger partial charge in [0.1, 0.15) is 11.2 Å². The minimum atomic E-state index is 0.798. The molecule has 0 radical (unpaired) electrons. The van der Waals surface area contributed by atoms with E-state index in [1.54, 1.807) is 0 Å². The third kappa shape index (κ3) is 3.60. The molecule has 1 N–H and O–H groups in total. The zero-order valence-electron chi connectivity index (χ0n) is 25.0. The first kappa shape index (κ1) is 25.3. The van der Waals surface area contributed by atoms with Crippen molar-refractivity contribution >= 4 is 70.9 Å². The van der Waals surface area contributed by atoms with Gasteiger partial charge >= 0.3 is 0 Å². The molecule has 0 saturated carbocycles. The van der Waals surface area contributed by atoms with E-state index in [0.29, 0.717) is 0 Å². The maximum atomic E-state index is 6.60. The number of rotatable bonds is 3. The minimum Gasteiger partial charge on any atom is -0.456 e. The van der Waals surface area contributed by atoms with Gasteiger partial charge in [0.15, 0.2) is 0 Å². The number of hydrogen-bond acceptors (Lipinski definition) is 2. The van der Waals surface area contributed by atoms with Crippen LogP contribution in [0, 0.1) is 0 Å². The standard InChI is InChI=1S/C43H28N2O/c1-2-11-31-27(9-1)20-23-38-41(31)35-14-5-6-16-37(35)45(38)30-21-18-28(19-22-30)36-25-40-43(34-13-4-3-12-33(34)36)42-32(15-7-17-39(42)46-40)29-10-8-24-44-26-29/h1-25,44H,26H2. The molecule has 46 heavy (non-hydrogen) atoms. The number of fused-ring (bicyclic) bond motifs is 10. The summed E-state index contributed by atoms with van der Waals surface area (Å²) in [6.45, 7) is 0.798. The number of nitrogens with zero attached hydrogens (tertiary/aromatic N) is 1. The molecule has 0 fully saturated rings. The van der Waals surface area contributed by atoms with Crippen LogP contribution in [0.3, 0.4) is 0 Å². The third-order valence-corrected chi connectivity index (χ3v) is 9.65. The summed E-state index contributed by atoms with van der Waals surface area (Å²) in [5, 5.41) is 13.3. The molecule has 3 heterocycles. The molecule has 9 aromatic rings. The van der Waals surface area contributed by atoms with Gasteiger partial charge in [-0.1, -0.05) is 103 Å². The molecule has 0 saturated heterocycles. The lowest BCUT2D eigenvalue weighted by Crippen LogP contribution is -2.11. The number of para-hydroxylation sites is 1. The molecule has 216 valence electrons. The second kappa shape index (κ2) is 9.72. The number of benzene rings is 7. The Morgan fingerprint density at radius 2 is 1.33 bits per heavy atom. The van der Waals surface area contributed by atoms with Crippen LogP contribution in [0.4, 0.5) is 0 Å². The maximum absolute atomic E-state index is 6.60. The predicted octanol–water partition coefficient (Wildman–Crippen LogP) is 11.2. The number of nitrogens with one attached hydrogen (secondary N) is 1. The highest BCUT2D eigenvalue weighted by Crippen LogP contribution is 2.43. The summed E-state index contributed by atoms with van der Waals surface area (Å²) >= 11 is 0. The van der Waals surface area contributed by atoms with Crippen LogP contribution in [0.1, 0.15) is 5.56 Å². The summed E-state index contributed by atoms with van der Waals surface area (Å²) in [5.74, 6) is 0. The van der Waals surface area contributed by atoms with Crippen molar-refractivity contribution < 1.29 is 4.42 Å². The van der Waals surface area contributed by atoms with Crippen LogP contribution in [0.15, 0.2) is 156 Å². The summed E-state index contributed by atoms with van der Waals surface area (Å²) in [6, 6.07) is 48.3. The average molecular weight is 589 g/mol. The fourth-order valence-corrected chi connectivity index (χ4v) is 7.64. The summed E-state index contributed by atoms with van der Waals surface area (Å²) in [5.41, 5.74) is 10.2. The summed E-state index contributed by atoms with van der Waals surface area (Å²) in [6.07, 6.45) is 6.26. The zero-order valence-corrected chi connectivity index (χ0v) is 25.0. The number of allylic oxidation sites excluding steroid dienone is 2. The molecule has 0 amide bonds. The molecule has 0 bridgehead atoms. The Labute approximate surface area is 265 Å². The van der Waals surface area contributed by atoms with Gasteiger partial charge in [0.05, 0.1) is 11.0 Å². The molecule has 3 nitrogen and oxygen atoms in total. The largest absolute Gasteiger partial charge is 0.456 e. The molecule has 0 aliphatic carbocycles. The number of aromatic nitrogens is 1. The SMILES string of the molecule is C1=CNCC(c2cccc3oc4cc(-c5ccc(-n6c7ccccc7c7c8ccccc8ccc76)cc5)c5ccccc5c4c23)=C1. The maximum Gasteiger partial charge on any atom is 0.136 e. The minimum absolute atomic E-state index is 0.798.